The van der Waals surface area contributed by atoms with Gasteiger partial charge in [0.05, 0.1) is 0 Å². The van der Waals surface area contributed by atoms with Gasteiger partial charge in [-0.25, -0.2) is 0 Å². The van der Waals surface area contributed by atoms with Crippen LogP contribution in [-0.4, -0.2) is 12.0 Å². The first-order valence-electron chi connectivity index (χ1n) is 6.86. The summed E-state index contributed by atoms with van der Waals surface area (Å²) in [6, 6.07) is 13.0. The third kappa shape index (κ3) is 3.75. The van der Waals surface area contributed by atoms with Gasteiger partial charge in [-0.3, -0.25) is 4.79 Å². The highest BCUT2D eigenvalue weighted by atomic mass is 16.5. The second kappa shape index (κ2) is 6.31. The number of para-hydroxylation sites is 1. The molecule has 0 aliphatic carbocycles. The van der Waals surface area contributed by atoms with Crippen molar-refractivity contribution in [3.63, 3.8) is 0 Å². The van der Waals surface area contributed by atoms with E-state index < -0.39 is 6.10 Å². The van der Waals surface area contributed by atoms with Crippen LogP contribution in [0.1, 0.15) is 18.1 Å². The molecule has 1 atom stereocenters. The Morgan fingerprint density at radius 1 is 1.14 bits per heavy atom. The molecule has 2 aromatic carbocycles. The number of aryl methyl sites for hydroxylation is 2. The highest BCUT2D eigenvalue weighted by molar-refractivity contribution is 5.94. The number of amides is 1. The summed E-state index contributed by atoms with van der Waals surface area (Å²) in [4.78, 5) is 12.2. The minimum atomic E-state index is -0.591. The van der Waals surface area contributed by atoms with Gasteiger partial charge in [0.15, 0.2) is 6.10 Å². The van der Waals surface area contributed by atoms with Crippen LogP contribution >= 0.6 is 0 Å². The molecule has 4 heteroatoms. The lowest BCUT2D eigenvalue weighted by molar-refractivity contribution is -0.122. The number of nitrogen functional groups attached to an aromatic ring is 1. The quantitative estimate of drug-likeness (QED) is 0.847. The third-order valence-corrected chi connectivity index (χ3v) is 3.23. The number of nitrogens with one attached hydrogen (secondary N) is 1. The van der Waals surface area contributed by atoms with Crippen molar-refractivity contribution in [2.45, 2.75) is 26.9 Å². The van der Waals surface area contributed by atoms with Gasteiger partial charge in [0, 0.05) is 11.4 Å². The predicted molar refractivity (Wildman–Crippen MR) is 85.5 cm³/mol. The Hall–Kier alpha value is -2.49. The summed E-state index contributed by atoms with van der Waals surface area (Å²) in [6.45, 7) is 5.66. The van der Waals surface area contributed by atoms with E-state index in [-0.39, 0.29) is 5.91 Å². The lowest BCUT2D eigenvalue weighted by Gasteiger charge is -2.18. The monoisotopic (exact) mass is 284 g/mol. The molecule has 0 spiro atoms. The van der Waals surface area contributed by atoms with Gasteiger partial charge < -0.3 is 15.8 Å². The number of anilines is 2. The summed E-state index contributed by atoms with van der Waals surface area (Å²) in [5.74, 6) is 0.552. The van der Waals surface area contributed by atoms with E-state index in [1.54, 1.807) is 31.2 Å². The van der Waals surface area contributed by atoms with Crippen LogP contribution in [0.5, 0.6) is 5.75 Å². The summed E-state index contributed by atoms with van der Waals surface area (Å²) in [5.41, 5.74) is 8.99. The van der Waals surface area contributed by atoms with Crippen molar-refractivity contribution >= 4 is 17.3 Å². The van der Waals surface area contributed by atoms with Gasteiger partial charge in [0.1, 0.15) is 5.75 Å². The molecule has 4 nitrogen and oxygen atoms in total. The second-order valence-electron chi connectivity index (χ2n) is 5.10. The molecule has 0 fully saturated rings. The SMILES string of the molecule is Cc1cccc(C)c1O[C@@H](C)C(=O)Nc1cccc(N)c1. The molecule has 1 amide bonds. The fourth-order valence-electron chi connectivity index (χ4n) is 2.08. The average molecular weight is 284 g/mol. The fourth-order valence-corrected chi connectivity index (χ4v) is 2.08. The van der Waals surface area contributed by atoms with E-state index in [2.05, 4.69) is 5.32 Å². The number of carbonyl (C=O) groups excluding carboxylic acids is 1. The Bertz CT molecular complexity index is 633. The van der Waals surface area contributed by atoms with Gasteiger partial charge in [0.25, 0.3) is 5.91 Å². The summed E-state index contributed by atoms with van der Waals surface area (Å²) in [6.07, 6.45) is -0.591. The van der Waals surface area contributed by atoms with Crippen molar-refractivity contribution in [2.24, 2.45) is 0 Å². The summed E-state index contributed by atoms with van der Waals surface area (Å²) in [5, 5.41) is 2.80. The van der Waals surface area contributed by atoms with E-state index in [1.165, 1.54) is 0 Å². The molecule has 0 unspecified atom stereocenters. The molecule has 0 saturated heterocycles. The lowest BCUT2D eigenvalue weighted by Crippen LogP contribution is -2.30. The number of carbonyl (C=O) groups is 1. The Labute approximate surface area is 124 Å². The van der Waals surface area contributed by atoms with Crippen LogP contribution in [0, 0.1) is 13.8 Å². The summed E-state index contributed by atoms with van der Waals surface area (Å²) >= 11 is 0. The van der Waals surface area contributed by atoms with Gasteiger partial charge in [-0.2, -0.15) is 0 Å². The number of hydrogen-bond acceptors (Lipinski definition) is 3. The van der Waals surface area contributed by atoms with Crippen LogP contribution in [0.2, 0.25) is 0 Å². The number of hydrogen-bond donors (Lipinski definition) is 2. The van der Waals surface area contributed by atoms with Crippen LogP contribution in [0.3, 0.4) is 0 Å². The summed E-state index contributed by atoms with van der Waals surface area (Å²) < 4.78 is 5.80. The molecule has 0 heterocycles. The molecule has 2 rings (SSSR count). The topological polar surface area (TPSA) is 64.3 Å². The molecule has 0 aliphatic heterocycles. The van der Waals surface area contributed by atoms with E-state index in [0.29, 0.717) is 11.4 Å². The minimum Gasteiger partial charge on any atom is -0.480 e. The first-order chi connectivity index (χ1) is 9.97. The van der Waals surface area contributed by atoms with Crippen molar-refractivity contribution in [2.75, 3.05) is 11.1 Å². The molecule has 2 aromatic rings. The van der Waals surface area contributed by atoms with E-state index in [9.17, 15) is 4.79 Å². The second-order valence-corrected chi connectivity index (χ2v) is 5.10. The zero-order valence-corrected chi connectivity index (χ0v) is 12.5. The number of ether oxygens (including phenoxy) is 1. The first-order valence-corrected chi connectivity index (χ1v) is 6.86. The third-order valence-electron chi connectivity index (χ3n) is 3.23. The van der Waals surface area contributed by atoms with Gasteiger partial charge in [-0.1, -0.05) is 24.3 Å². The predicted octanol–water partition coefficient (Wildman–Crippen LogP) is 3.29. The standard InChI is InChI=1S/C17H20N2O2/c1-11-6-4-7-12(2)16(11)21-13(3)17(20)19-15-9-5-8-14(18)10-15/h4-10,13H,18H2,1-3H3,(H,19,20)/t13-/m0/s1. The molecule has 21 heavy (non-hydrogen) atoms. The molecule has 0 radical (unpaired) electrons. The largest absolute Gasteiger partial charge is 0.480 e. The maximum Gasteiger partial charge on any atom is 0.265 e. The maximum atomic E-state index is 12.2. The number of rotatable bonds is 4. The van der Waals surface area contributed by atoms with Crippen molar-refractivity contribution < 1.29 is 9.53 Å². The maximum absolute atomic E-state index is 12.2. The van der Waals surface area contributed by atoms with Gasteiger partial charge in [0.2, 0.25) is 0 Å². The van der Waals surface area contributed by atoms with Crippen LogP contribution in [-0.2, 0) is 4.79 Å². The summed E-state index contributed by atoms with van der Waals surface area (Å²) in [7, 11) is 0. The molecule has 0 aliphatic rings. The highest BCUT2D eigenvalue weighted by Gasteiger charge is 2.17. The van der Waals surface area contributed by atoms with Gasteiger partial charge >= 0.3 is 0 Å². The Morgan fingerprint density at radius 2 is 1.76 bits per heavy atom. The molecule has 110 valence electrons. The van der Waals surface area contributed by atoms with Gasteiger partial charge in [-0.15, -0.1) is 0 Å². The van der Waals surface area contributed by atoms with Gasteiger partial charge in [-0.05, 0) is 50.1 Å². The van der Waals surface area contributed by atoms with E-state index in [4.69, 9.17) is 10.5 Å². The van der Waals surface area contributed by atoms with Crippen LogP contribution in [0.25, 0.3) is 0 Å². The molecule has 3 N–H and O–H groups in total. The Kier molecular flexibility index (Phi) is 4.48. The molecule has 0 bridgehead atoms. The zero-order valence-electron chi connectivity index (χ0n) is 12.5. The molecular weight excluding hydrogens is 264 g/mol. The van der Waals surface area contributed by atoms with Crippen molar-refractivity contribution in [3.05, 3.63) is 53.6 Å². The lowest BCUT2D eigenvalue weighted by atomic mass is 10.1. The Balaban J connectivity index is 2.06. The van der Waals surface area contributed by atoms with Crippen LogP contribution in [0.4, 0.5) is 11.4 Å². The van der Waals surface area contributed by atoms with E-state index in [0.717, 1.165) is 16.9 Å². The Morgan fingerprint density at radius 3 is 2.38 bits per heavy atom. The molecule has 0 saturated carbocycles. The number of nitrogens with two attached hydrogens (primary N) is 1. The molecule has 0 aromatic heterocycles. The fraction of sp³-hybridized carbons (Fsp3) is 0.235. The van der Waals surface area contributed by atoms with Crippen LogP contribution < -0.4 is 15.8 Å². The van der Waals surface area contributed by atoms with Crippen molar-refractivity contribution in [1.82, 2.24) is 0 Å². The normalized spacial score (nSPS) is 11.8. The molecular formula is C17H20N2O2. The van der Waals surface area contributed by atoms with E-state index in [1.807, 2.05) is 32.0 Å². The smallest absolute Gasteiger partial charge is 0.265 e. The highest BCUT2D eigenvalue weighted by Crippen LogP contribution is 2.24. The zero-order chi connectivity index (χ0) is 15.4. The number of benzene rings is 2. The first kappa shape index (κ1) is 14.9. The van der Waals surface area contributed by atoms with Crippen molar-refractivity contribution in [3.8, 4) is 5.75 Å². The van der Waals surface area contributed by atoms with Crippen molar-refractivity contribution in [1.29, 1.82) is 0 Å². The van der Waals surface area contributed by atoms with Crippen LogP contribution in [0.15, 0.2) is 42.5 Å². The minimum absolute atomic E-state index is 0.205. The average Bonchev–Trinajstić information content (AvgIpc) is 2.43. The van der Waals surface area contributed by atoms with E-state index >= 15 is 0 Å².